The number of rotatable bonds is 3. The van der Waals surface area contributed by atoms with Gasteiger partial charge in [0.2, 0.25) is 12.1 Å². The number of amides is 1. The molecule has 3 nitrogen and oxygen atoms in total. The molecule has 0 aliphatic heterocycles. The van der Waals surface area contributed by atoms with Crippen LogP contribution in [0, 0.1) is 0 Å². The highest BCUT2D eigenvalue weighted by atomic mass is 79.9. The van der Waals surface area contributed by atoms with Crippen LogP contribution in [0.4, 0.5) is 18.9 Å². The fourth-order valence-electron chi connectivity index (χ4n) is 2.49. The number of hydrogen-bond donors (Lipinski definition) is 1. The molecular formula is C18H15BrF3N2O+. The maximum absolute atomic E-state index is 12.7. The summed E-state index contributed by atoms with van der Waals surface area (Å²) in [5.41, 5.74) is 0.202. The SMILES string of the molecule is Br.O=C(C[n+]1cccc2ccccc21)Nc1cccc(C(F)(F)F)c1. The molecule has 7 heteroatoms. The first-order valence-electron chi connectivity index (χ1n) is 7.28. The summed E-state index contributed by atoms with van der Waals surface area (Å²) in [6.07, 6.45) is -2.68. The van der Waals surface area contributed by atoms with Crippen LogP contribution >= 0.6 is 17.0 Å². The summed E-state index contributed by atoms with van der Waals surface area (Å²) in [5, 5.41) is 3.49. The lowest BCUT2D eigenvalue weighted by atomic mass is 10.2. The zero-order valence-electron chi connectivity index (χ0n) is 13.0. The van der Waals surface area contributed by atoms with Gasteiger partial charge in [-0.05, 0) is 30.3 Å². The fourth-order valence-corrected chi connectivity index (χ4v) is 2.49. The van der Waals surface area contributed by atoms with Crippen LogP contribution in [0.1, 0.15) is 5.56 Å². The Morgan fingerprint density at radius 2 is 1.72 bits per heavy atom. The number of carbonyl (C=O) groups excluding carboxylic acids is 1. The molecule has 0 bridgehead atoms. The van der Waals surface area contributed by atoms with Crippen molar-refractivity contribution in [1.82, 2.24) is 0 Å². The monoisotopic (exact) mass is 411 g/mol. The molecule has 3 rings (SSSR count). The van der Waals surface area contributed by atoms with Gasteiger partial charge in [0.15, 0.2) is 6.20 Å². The minimum atomic E-state index is -4.44. The van der Waals surface area contributed by atoms with Gasteiger partial charge in [0.05, 0.1) is 5.56 Å². The second-order valence-electron chi connectivity index (χ2n) is 5.32. The van der Waals surface area contributed by atoms with Gasteiger partial charge in [-0.25, -0.2) is 0 Å². The van der Waals surface area contributed by atoms with E-state index in [1.807, 2.05) is 36.4 Å². The van der Waals surface area contributed by atoms with Crippen LogP contribution in [0.2, 0.25) is 0 Å². The number of aromatic nitrogens is 1. The number of hydrogen-bond acceptors (Lipinski definition) is 1. The number of pyridine rings is 1. The number of alkyl halides is 3. The summed E-state index contributed by atoms with van der Waals surface area (Å²) in [4.78, 5) is 12.2. The van der Waals surface area contributed by atoms with E-state index in [1.54, 1.807) is 10.8 Å². The number of nitrogens with zero attached hydrogens (tertiary/aromatic N) is 1. The van der Waals surface area contributed by atoms with Crippen LogP contribution in [-0.2, 0) is 17.5 Å². The van der Waals surface area contributed by atoms with Crippen LogP contribution < -0.4 is 9.88 Å². The number of carbonyl (C=O) groups is 1. The Bertz CT molecular complexity index is 891. The molecule has 0 saturated heterocycles. The third-order valence-electron chi connectivity index (χ3n) is 3.58. The molecule has 0 radical (unpaired) electrons. The largest absolute Gasteiger partial charge is 0.416 e. The van der Waals surface area contributed by atoms with E-state index in [0.29, 0.717) is 0 Å². The Labute approximate surface area is 152 Å². The molecule has 3 aromatic rings. The number of anilines is 1. The molecule has 1 aromatic heterocycles. The van der Waals surface area contributed by atoms with Gasteiger partial charge >= 0.3 is 6.18 Å². The first kappa shape index (κ1) is 18.9. The molecule has 1 N–H and O–H groups in total. The van der Waals surface area contributed by atoms with Crippen LogP contribution in [0.5, 0.6) is 0 Å². The van der Waals surface area contributed by atoms with E-state index in [2.05, 4.69) is 5.32 Å². The molecule has 25 heavy (non-hydrogen) atoms. The van der Waals surface area contributed by atoms with Gasteiger partial charge in [-0.3, -0.25) is 4.79 Å². The lowest BCUT2D eigenvalue weighted by molar-refractivity contribution is -0.658. The highest BCUT2D eigenvalue weighted by Gasteiger charge is 2.30. The molecule has 0 aliphatic rings. The van der Waals surface area contributed by atoms with Gasteiger partial charge in [-0.15, -0.1) is 17.0 Å². The molecule has 0 unspecified atom stereocenters. The van der Waals surface area contributed by atoms with Crippen molar-refractivity contribution in [2.75, 3.05) is 5.32 Å². The molecule has 0 aliphatic carbocycles. The highest BCUT2D eigenvalue weighted by Crippen LogP contribution is 2.30. The molecule has 1 amide bonds. The van der Waals surface area contributed by atoms with E-state index in [9.17, 15) is 18.0 Å². The number of para-hydroxylation sites is 1. The second-order valence-corrected chi connectivity index (χ2v) is 5.32. The molecule has 0 spiro atoms. The van der Waals surface area contributed by atoms with Crippen LogP contribution in [-0.4, -0.2) is 5.91 Å². The average Bonchev–Trinajstić information content (AvgIpc) is 2.54. The second kappa shape index (κ2) is 7.65. The summed E-state index contributed by atoms with van der Waals surface area (Å²) < 4.78 is 39.9. The molecule has 0 saturated carbocycles. The zero-order chi connectivity index (χ0) is 17.2. The van der Waals surface area contributed by atoms with Crippen LogP contribution in [0.15, 0.2) is 66.9 Å². The number of nitrogens with one attached hydrogen (secondary N) is 1. The van der Waals surface area contributed by atoms with Gasteiger partial charge in [-0.2, -0.15) is 17.7 Å². The number of benzene rings is 2. The van der Waals surface area contributed by atoms with Gasteiger partial charge in [0.1, 0.15) is 0 Å². The Balaban J connectivity index is 0.00000225. The normalized spacial score (nSPS) is 11.0. The van der Waals surface area contributed by atoms with Crippen molar-refractivity contribution in [3.63, 3.8) is 0 Å². The Morgan fingerprint density at radius 1 is 1.00 bits per heavy atom. The van der Waals surface area contributed by atoms with Crippen molar-refractivity contribution in [3.05, 3.63) is 72.4 Å². The molecule has 1 heterocycles. The number of halogens is 4. The maximum Gasteiger partial charge on any atom is 0.416 e. The zero-order valence-corrected chi connectivity index (χ0v) is 14.7. The first-order valence-corrected chi connectivity index (χ1v) is 7.28. The quantitative estimate of drug-likeness (QED) is 0.638. The van der Waals surface area contributed by atoms with Crippen molar-refractivity contribution >= 4 is 39.5 Å². The summed E-state index contributed by atoms with van der Waals surface area (Å²) in [7, 11) is 0. The third-order valence-corrected chi connectivity index (χ3v) is 3.58. The predicted molar refractivity (Wildman–Crippen MR) is 94.5 cm³/mol. The predicted octanol–water partition coefficient (Wildman–Crippen LogP) is 4.36. The summed E-state index contributed by atoms with van der Waals surface area (Å²) in [5.74, 6) is -0.393. The maximum atomic E-state index is 12.7. The lowest BCUT2D eigenvalue weighted by Crippen LogP contribution is -2.40. The summed E-state index contributed by atoms with van der Waals surface area (Å²) >= 11 is 0. The average molecular weight is 412 g/mol. The van der Waals surface area contributed by atoms with Crippen LogP contribution in [0.25, 0.3) is 10.9 Å². The van der Waals surface area contributed by atoms with E-state index in [1.165, 1.54) is 12.1 Å². The lowest BCUT2D eigenvalue weighted by Gasteiger charge is -2.09. The van der Waals surface area contributed by atoms with Crippen LogP contribution in [0.3, 0.4) is 0 Å². The number of fused-ring (bicyclic) bond motifs is 1. The van der Waals surface area contributed by atoms with Gasteiger partial charge in [-0.1, -0.05) is 18.2 Å². The van der Waals surface area contributed by atoms with E-state index in [0.717, 1.165) is 23.0 Å². The standard InChI is InChI=1S/C18H13F3N2O.BrH/c19-18(20,21)14-7-3-8-15(11-14)22-17(24)12-23-10-4-6-13-5-1-2-9-16(13)23;/h1-11H,12H2;1H/p+1. The van der Waals surface area contributed by atoms with Crippen molar-refractivity contribution in [2.24, 2.45) is 0 Å². The van der Waals surface area contributed by atoms with Gasteiger partial charge in [0.25, 0.3) is 5.91 Å². The smallest absolute Gasteiger partial charge is 0.321 e. The van der Waals surface area contributed by atoms with Gasteiger partial charge < -0.3 is 5.32 Å². The molecule has 0 atom stereocenters. The highest BCUT2D eigenvalue weighted by molar-refractivity contribution is 8.93. The van der Waals surface area contributed by atoms with Crippen molar-refractivity contribution < 1.29 is 22.5 Å². The first-order chi connectivity index (χ1) is 11.4. The Morgan fingerprint density at radius 3 is 2.48 bits per heavy atom. The topological polar surface area (TPSA) is 33.0 Å². The Kier molecular flexibility index (Phi) is 5.79. The van der Waals surface area contributed by atoms with E-state index in [4.69, 9.17) is 0 Å². The molecular weight excluding hydrogens is 397 g/mol. The van der Waals surface area contributed by atoms with Gasteiger partial charge in [0, 0.05) is 23.2 Å². The van der Waals surface area contributed by atoms with Crippen molar-refractivity contribution in [2.45, 2.75) is 12.7 Å². The minimum Gasteiger partial charge on any atom is -0.321 e. The van der Waals surface area contributed by atoms with Crippen molar-refractivity contribution in [1.29, 1.82) is 0 Å². The summed E-state index contributed by atoms with van der Waals surface area (Å²) in [6, 6.07) is 15.9. The van der Waals surface area contributed by atoms with E-state index < -0.39 is 17.6 Å². The van der Waals surface area contributed by atoms with E-state index in [-0.39, 0.29) is 29.2 Å². The van der Waals surface area contributed by atoms with Crippen molar-refractivity contribution in [3.8, 4) is 0 Å². The molecule has 0 fully saturated rings. The third kappa shape index (κ3) is 4.57. The Hall–Kier alpha value is -2.41. The van der Waals surface area contributed by atoms with E-state index >= 15 is 0 Å². The molecule has 130 valence electrons. The summed E-state index contributed by atoms with van der Waals surface area (Å²) in [6.45, 7) is 0.0115. The fraction of sp³-hybridized carbons (Fsp3) is 0.111. The molecule has 2 aromatic carbocycles. The minimum absolute atomic E-state index is 0.